The summed E-state index contributed by atoms with van der Waals surface area (Å²) in [4.78, 5) is 4.38. The third-order valence-electron chi connectivity index (χ3n) is 2.33. The van der Waals surface area contributed by atoms with E-state index in [-0.39, 0.29) is 0 Å². The maximum Gasteiger partial charge on any atom is 0.195 e. The zero-order valence-corrected chi connectivity index (χ0v) is 8.73. The van der Waals surface area contributed by atoms with Gasteiger partial charge in [0.2, 0.25) is 0 Å². The van der Waals surface area contributed by atoms with Gasteiger partial charge in [-0.1, -0.05) is 24.3 Å². The molecule has 0 atom stereocenters. The molecule has 0 saturated heterocycles. The molecule has 1 heterocycles. The van der Waals surface area contributed by atoms with E-state index in [2.05, 4.69) is 18.0 Å². The maximum atomic E-state index is 5.44. The van der Waals surface area contributed by atoms with Crippen molar-refractivity contribution in [2.45, 2.75) is 13.3 Å². The predicted octanol–water partition coefficient (Wildman–Crippen LogP) is 2.15. The third-order valence-corrected chi connectivity index (χ3v) is 2.33. The van der Waals surface area contributed by atoms with Crippen LogP contribution in [-0.4, -0.2) is 11.5 Å². The molecule has 2 rings (SSSR count). The topological polar surface area (TPSA) is 52.0 Å². The van der Waals surface area contributed by atoms with E-state index >= 15 is 0 Å². The molecule has 0 amide bonds. The van der Waals surface area contributed by atoms with E-state index in [1.54, 1.807) is 6.26 Å². The summed E-state index contributed by atoms with van der Waals surface area (Å²) in [6.45, 7) is 2.63. The van der Waals surface area contributed by atoms with Crippen molar-refractivity contribution < 1.29 is 4.42 Å². The molecule has 15 heavy (non-hydrogen) atoms. The normalized spacial score (nSPS) is 10.5. The summed E-state index contributed by atoms with van der Waals surface area (Å²) >= 11 is 0. The highest BCUT2D eigenvalue weighted by atomic mass is 16.3. The molecule has 78 valence electrons. The van der Waals surface area contributed by atoms with Gasteiger partial charge in [0.1, 0.15) is 12.0 Å². The van der Waals surface area contributed by atoms with E-state index in [0.717, 1.165) is 11.3 Å². The van der Waals surface area contributed by atoms with Crippen molar-refractivity contribution in [2.75, 3.05) is 6.54 Å². The minimum atomic E-state index is 0.563. The third kappa shape index (κ3) is 2.07. The standard InChI is InChI=1S/C12H14N2O/c1-9-4-2-3-5-10(9)11-8-15-12(14-11)6-7-13/h2-5,8H,6-7,13H2,1H3. The first kappa shape index (κ1) is 9.93. The van der Waals surface area contributed by atoms with Gasteiger partial charge in [0.05, 0.1) is 0 Å². The second-order valence-electron chi connectivity index (χ2n) is 3.48. The second-order valence-corrected chi connectivity index (χ2v) is 3.48. The van der Waals surface area contributed by atoms with Crippen molar-refractivity contribution in [1.29, 1.82) is 0 Å². The van der Waals surface area contributed by atoms with Crippen LogP contribution in [0.1, 0.15) is 11.5 Å². The Morgan fingerprint density at radius 1 is 1.33 bits per heavy atom. The molecule has 0 aliphatic carbocycles. The van der Waals surface area contributed by atoms with E-state index < -0.39 is 0 Å². The van der Waals surface area contributed by atoms with Gasteiger partial charge in [-0.3, -0.25) is 0 Å². The van der Waals surface area contributed by atoms with Gasteiger partial charge in [0.15, 0.2) is 5.89 Å². The number of hydrogen-bond donors (Lipinski definition) is 1. The Bertz CT molecular complexity index is 448. The first-order valence-corrected chi connectivity index (χ1v) is 5.01. The van der Waals surface area contributed by atoms with Gasteiger partial charge in [-0.05, 0) is 12.5 Å². The van der Waals surface area contributed by atoms with Crippen LogP contribution in [0.15, 0.2) is 34.9 Å². The molecule has 0 unspecified atom stereocenters. The van der Waals surface area contributed by atoms with Crippen LogP contribution in [0.3, 0.4) is 0 Å². The first-order chi connectivity index (χ1) is 7.31. The molecule has 0 aliphatic heterocycles. The highest BCUT2D eigenvalue weighted by Crippen LogP contribution is 2.22. The quantitative estimate of drug-likeness (QED) is 0.829. The highest BCUT2D eigenvalue weighted by Gasteiger charge is 2.06. The van der Waals surface area contributed by atoms with Crippen LogP contribution in [0, 0.1) is 6.92 Å². The number of nitrogens with zero attached hydrogens (tertiary/aromatic N) is 1. The summed E-state index contributed by atoms with van der Waals surface area (Å²) in [5, 5.41) is 0. The first-order valence-electron chi connectivity index (χ1n) is 5.01. The monoisotopic (exact) mass is 202 g/mol. The lowest BCUT2D eigenvalue weighted by Gasteiger charge is -1.99. The average molecular weight is 202 g/mol. The fourth-order valence-electron chi connectivity index (χ4n) is 1.53. The summed E-state index contributed by atoms with van der Waals surface area (Å²) in [7, 11) is 0. The summed E-state index contributed by atoms with van der Waals surface area (Å²) in [6.07, 6.45) is 2.37. The molecule has 1 aromatic carbocycles. The summed E-state index contributed by atoms with van der Waals surface area (Å²) in [6, 6.07) is 8.12. The van der Waals surface area contributed by atoms with Crippen molar-refractivity contribution in [3.05, 3.63) is 42.0 Å². The van der Waals surface area contributed by atoms with E-state index in [4.69, 9.17) is 10.2 Å². The molecule has 0 radical (unpaired) electrons. The van der Waals surface area contributed by atoms with Crippen LogP contribution < -0.4 is 5.73 Å². The second kappa shape index (κ2) is 4.28. The molecule has 1 aromatic heterocycles. The number of rotatable bonds is 3. The molecule has 2 aromatic rings. The zero-order valence-electron chi connectivity index (χ0n) is 8.73. The van der Waals surface area contributed by atoms with Crippen molar-refractivity contribution in [3.8, 4) is 11.3 Å². The summed E-state index contributed by atoms with van der Waals surface area (Å²) in [5.41, 5.74) is 8.64. The van der Waals surface area contributed by atoms with Gasteiger partial charge in [0.25, 0.3) is 0 Å². The van der Waals surface area contributed by atoms with Crippen molar-refractivity contribution in [2.24, 2.45) is 5.73 Å². The molecular formula is C12H14N2O. The lowest BCUT2D eigenvalue weighted by molar-refractivity contribution is 0.496. The molecule has 0 saturated carbocycles. The maximum absolute atomic E-state index is 5.44. The van der Waals surface area contributed by atoms with Gasteiger partial charge in [-0.15, -0.1) is 0 Å². The van der Waals surface area contributed by atoms with E-state index in [1.165, 1.54) is 5.56 Å². The fourth-order valence-corrected chi connectivity index (χ4v) is 1.53. The van der Waals surface area contributed by atoms with E-state index in [0.29, 0.717) is 18.9 Å². The molecule has 3 nitrogen and oxygen atoms in total. The van der Waals surface area contributed by atoms with Crippen LogP contribution in [0.4, 0.5) is 0 Å². The minimum Gasteiger partial charge on any atom is -0.448 e. The van der Waals surface area contributed by atoms with Gasteiger partial charge in [-0.2, -0.15) is 0 Å². The van der Waals surface area contributed by atoms with Crippen molar-refractivity contribution in [3.63, 3.8) is 0 Å². The van der Waals surface area contributed by atoms with Gasteiger partial charge in [-0.25, -0.2) is 4.98 Å². The van der Waals surface area contributed by atoms with Crippen LogP contribution in [0.25, 0.3) is 11.3 Å². The van der Waals surface area contributed by atoms with Crippen LogP contribution in [0.2, 0.25) is 0 Å². The Morgan fingerprint density at radius 2 is 2.13 bits per heavy atom. The SMILES string of the molecule is Cc1ccccc1-c1coc(CCN)n1. The lowest BCUT2D eigenvalue weighted by atomic mass is 10.1. The summed E-state index contributed by atoms with van der Waals surface area (Å²) in [5.74, 6) is 0.704. The van der Waals surface area contributed by atoms with E-state index in [1.807, 2.05) is 18.2 Å². The molecule has 0 fully saturated rings. The summed E-state index contributed by atoms with van der Waals surface area (Å²) < 4.78 is 5.32. The molecule has 3 heteroatoms. The number of oxazole rings is 1. The van der Waals surface area contributed by atoms with Gasteiger partial charge < -0.3 is 10.2 Å². The largest absolute Gasteiger partial charge is 0.448 e. The molecule has 0 aliphatic rings. The fraction of sp³-hybridized carbons (Fsp3) is 0.250. The number of nitrogens with two attached hydrogens (primary N) is 1. The lowest BCUT2D eigenvalue weighted by Crippen LogP contribution is -2.02. The molecule has 2 N–H and O–H groups in total. The average Bonchev–Trinajstić information content (AvgIpc) is 2.68. The molecule has 0 spiro atoms. The zero-order chi connectivity index (χ0) is 10.7. The predicted molar refractivity (Wildman–Crippen MR) is 59.4 cm³/mol. The van der Waals surface area contributed by atoms with E-state index in [9.17, 15) is 0 Å². The minimum absolute atomic E-state index is 0.563. The Morgan fingerprint density at radius 3 is 2.87 bits per heavy atom. The number of benzene rings is 1. The van der Waals surface area contributed by atoms with Crippen molar-refractivity contribution in [1.82, 2.24) is 4.98 Å². The highest BCUT2D eigenvalue weighted by molar-refractivity contribution is 5.62. The Hall–Kier alpha value is -1.61. The number of hydrogen-bond acceptors (Lipinski definition) is 3. The van der Waals surface area contributed by atoms with Crippen LogP contribution >= 0.6 is 0 Å². The van der Waals surface area contributed by atoms with Crippen molar-refractivity contribution >= 4 is 0 Å². The number of aromatic nitrogens is 1. The van der Waals surface area contributed by atoms with Crippen LogP contribution in [-0.2, 0) is 6.42 Å². The molecular weight excluding hydrogens is 188 g/mol. The van der Waals surface area contributed by atoms with Crippen LogP contribution in [0.5, 0.6) is 0 Å². The van der Waals surface area contributed by atoms with Gasteiger partial charge in [0, 0.05) is 18.5 Å². The number of aryl methyl sites for hydroxylation is 1. The Balaban J connectivity index is 2.33. The smallest absolute Gasteiger partial charge is 0.195 e. The Labute approximate surface area is 88.9 Å². The molecule has 0 bridgehead atoms. The van der Waals surface area contributed by atoms with Gasteiger partial charge >= 0.3 is 0 Å². The Kier molecular flexibility index (Phi) is 2.83.